The van der Waals surface area contributed by atoms with Crippen molar-refractivity contribution in [2.75, 3.05) is 18.5 Å². The van der Waals surface area contributed by atoms with Gasteiger partial charge in [-0.1, -0.05) is 37.3 Å². The fraction of sp³-hybridized carbons (Fsp3) is 0.389. The van der Waals surface area contributed by atoms with E-state index < -0.39 is 0 Å². The van der Waals surface area contributed by atoms with Crippen LogP contribution in [-0.2, 0) is 11.3 Å². The number of benzene rings is 1. The SMILES string of the molecule is CCC(=O)N(c1cccs1)C(C)CN(C)Cc1ccccc1.Cl. The van der Waals surface area contributed by atoms with Crippen LogP contribution in [0.15, 0.2) is 47.8 Å². The van der Waals surface area contributed by atoms with Gasteiger partial charge in [0.15, 0.2) is 0 Å². The molecule has 3 nitrogen and oxygen atoms in total. The summed E-state index contributed by atoms with van der Waals surface area (Å²) in [6.45, 7) is 5.78. The fourth-order valence-electron chi connectivity index (χ4n) is 2.66. The second kappa shape index (κ2) is 9.71. The number of carbonyl (C=O) groups excluding carboxylic acids is 1. The van der Waals surface area contributed by atoms with Gasteiger partial charge in [-0.05, 0) is 37.0 Å². The molecule has 2 rings (SSSR count). The largest absolute Gasteiger partial charge is 0.300 e. The minimum Gasteiger partial charge on any atom is -0.300 e. The molecule has 1 heterocycles. The number of amides is 1. The number of anilines is 1. The molecule has 1 aromatic carbocycles. The van der Waals surface area contributed by atoms with Gasteiger partial charge in [0, 0.05) is 25.6 Å². The zero-order valence-corrected chi connectivity index (χ0v) is 15.6. The zero-order chi connectivity index (χ0) is 15.9. The van der Waals surface area contributed by atoms with Crippen LogP contribution in [0.25, 0.3) is 0 Å². The van der Waals surface area contributed by atoms with Crippen molar-refractivity contribution < 1.29 is 4.79 Å². The first-order chi connectivity index (χ1) is 10.6. The van der Waals surface area contributed by atoms with E-state index in [2.05, 4.69) is 43.1 Å². The molecule has 1 atom stereocenters. The minimum atomic E-state index is 0. The molecule has 0 fully saturated rings. The average Bonchev–Trinajstić information content (AvgIpc) is 3.02. The van der Waals surface area contributed by atoms with Gasteiger partial charge in [0.25, 0.3) is 0 Å². The number of likely N-dealkylation sites (N-methyl/N-ethyl adjacent to an activating group) is 1. The Morgan fingerprint density at radius 2 is 1.87 bits per heavy atom. The van der Waals surface area contributed by atoms with Crippen LogP contribution in [0.2, 0.25) is 0 Å². The summed E-state index contributed by atoms with van der Waals surface area (Å²) < 4.78 is 0. The zero-order valence-electron chi connectivity index (χ0n) is 13.9. The molecule has 0 N–H and O–H groups in total. The molecule has 126 valence electrons. The molecule has 0 bridgehead atoms. The Labute approximate surface area is 149 Å². The lowest BCUT2D eigenvalue weighted by Crippen LogP contribution is -2.44. The lowest BCUT2D eigenvalue weighted by atomic mass is 10.2. The van der Waals surface area contributed by atoms with E-state index in [-0.39, 0.29) is 24.4 Å². The van der Waals surface area contributed by atoms with Crippen LogP contribution in [0.3, 0.4) is 0 Å². The third-order valence-corrected chi connectivity index (χ3v) is 4.49. The van der Waals surface area contributed by atoms with Crippen LogP contribution in [0.1, 0.15) is 25.8 Å². The van der Waals surface area contributed by atoms with Gasteiger partial charge >= 0.3 is 0 Å². The molecule has 23 heavy (non-hydrogen) atoms. The molecule has 2 aromatic rings. The smallest absolute Gasteiger partial charge is 0.227 e. The first kappa shape index (κ1) is 19.7. The Bertz CT molecular complexity index is 574. The maximum Gasteiger partial charge on any atom is 0.227 e. The Kier molecular flexibility index (Phi) is 8.31. The summed E-state index contributed by atoms with van der Waals surface area (Å²) in [6.07, 6.45) is 0.532. The molecule has 5 heteroatoms. The minimum absolute atomic E-state index is 0. The van der Waals surface area contributed by atoms with Crippen molar-refractivity contribution in [3.05, 3.63) is 53.4 Å². The van der Waals surface area contributed by atoms with Crippen LogP contribution >= 0.6 is 23.7 Å². The number of hydrogen-bond donors (Lipinski definition) is 0. The van der Waals surface area contributed by atoms with Gasteiger partial charge < -0.3 is 4.90 Å². The number of rotatable bonds is 7. The van der Waals surface area contributed by atoms with E-state index in [1.54, 1.807) is 11.3 Å². The van der Waals surface area contributed by atoms with E-state index in [1.807, 2.05) is 35.4 Å². The lowest BCUT2D eigenvalue weighted by molar-refractivity contribution is -0.118. The molecule has 0 aliphatic carbocycles. The van der Waals surface area contributed by atoms with E-state index >= 15 is 0 Å². The third kappa shape index (κ3) is 5.65. The van der Waals surface area contributed by atoms with Crippen molar-refractivity contribution in [3.8, 4) is 0 Å². The molecule has 1 unspecified atom stereocenters. The first-order valence-electron chi connectivity index (χ1n) is 7.69. The molecule has 1 aromatic heterocycles. The second-order valence-corrected chi connectivity index (χ2v) is 6.53. The first-order valence-corrected chi connectivity index (χ1v) is 8.57. The van der Waals surface area contributed by atoms with Crippen LogP contribution < -0.4 is 4.90 Å². The lowest BCUT2D eigenvalue weighted by Gasteiger charge is -2.31. The Hall–Kier alpha value is -1.36. The van der Waals surface area contributed by atoms with Gasteiger partial charge in [-0.25, -0.2) is 0 Å². The molecule has 0 aliphatic rings. The molecule has 0 radical (unpaired) electrons. The summed E-state index contributed by atoms with van der Waals surface area (Å²) in [5, 5.41) is 3.05. The van der Waals surface area contributed by atoms with Gasteiger partial charge in [0.05, 0.1) is 5.00 Å². The Morgan fingerprint density at radius 3 is 2.43 bits per heavy atom. The Morgan fingerprint density at radius 1 is 1.17 bits per heavy atom. The van der Waals surface area contributed by atoms with Gasteiger partial charge in [-0.3, -0.25) is 9.69 Å². The van der Waals surface area contributed by atoms with Gasteiger partial charge in [-0.2, -0.15) is 0 Å². The summed E-state index contributed by atoms with van der Waals surface area (Å²) in [4.78, 5) is 16.5. The van der Waals surface area contributed by atoms with Crippen molar-refractivity contribution in [3.63, 3.8) is 0 Å². The maximum absolute atomic E-state index is 12.3. The van der Waals surface area contributed by atoms with Crippen LogP contribution in [-0.4, -0.2) is 30.4 Å². The van der Waals surface area contributed by atoms with E-state index in [1.165, 1.54) is 5.56 Å². The average molecular weight is 353 g/mol. The van der Waals surface area contributed by atoms with Crippen molar-refractivity contribution >= 4 is 34.7 Å². The molecular formula is C18H25ClN2OS. The highest BCUT2D eigenvalue weighted by atomic mass is 35.5. The second-order valence-electron chi connectivity index (χ2n) is 5.60. The summed E-state index contributed by atoms with van der Waals surface area (Å²) in [5.74, 6) is 0.183. The van der Waals surface area contributed by atoms with Crippen molar-refractivity contribution in [2.45, 2.75) is 32.9 Å². The Balaban J connectivity index is 0.00000264. The molecule has 0 saturated carbocycles. The fourth-order valence-corrected chi connectivity index (χ4v) is 3.50. The number of thiophene rings is 1. The van der Waals surface area contributed by atoms with Crippen LogP contribution in [0.4, 0.5) is 5.00 Å². The monoisotopic (exact) mass is 352 g/mol. The highest BCUT2D eigenvalue weighted by Gasteiger charge is 2.22. The normalized spacial score (nSPS) is 11.8. The number of carbonyl (C=O) groups is 1. The van der Waals surface area contributed by atoms with Gasteiger partial charge in [0.1, 0.15) is 0 Å². The standard InChI is InChI=1S/C18H24N2OS.ClH/c1-4-17(21)20(18-11-8-12-22-18)15(2)13-19(3)14-16-9-6-5-7-10-16;/h5-12,15H,4,13-14H2,1-3H3;1H. The molecule has 1 amide bonds. The summed E-state index contributed by atoms with van der Waals surface area (Å²) in [5.41, 5.74) is 1.29. The molecule has 0 aliphatic heterocycles. The van der Waals surface area contributed by atoms with Crippen molar-refractivity contribution in [2.24, 2.45) is 0 Å². The van der Waals surface area contributed by atoms with Crippen molar-refractivity contribution in [1.29, 1.82) is 0 Å². The summed E-state index contributed by atoms with van der Waals surface area (Å²) in [7, 11) is 2.10. The number of halogens is 1. The van der Waals surface area contributed by atoms with Crippen LogP contribution in [0.5, 0.6) is 0 Å². The quantitative estimate of drug-likeness (QED) is 0.735. The molecule has 0 spiro atoms. The highest BCUT2D eigenvalue weighted by molar-refractivity contribution is 7.14. The number of hydrogen-bond acceptors (Lipinski definition) is 3. The highest BCUT2D eigenvalue weighted by Crippen LogP contribution is 2.24. The summed E-state index contributed by atoms with van der Waals surface area (Å²) in [6, 6.07) is 14.6. The van der Waals surface area contributed by atoms with Gasteiger partial charge in [0.2, 0.25) is 5.91 Å². The predicted octanol–water partition coefficient (Wildman–Crippen LogP) is 4.43. The topological polar surface area (TPSA) is 23.6 Å². The van der Waals surface area contributed by atoms with Crippen LogP contribution in [0, 0.1) is 0 Å². The number of nitrogens with zero attached hydrogens (tertiary/aromatic N) is 2. The van der Waals surface area contributed by atoms with E-state index in [9.17, 15) is 4.79 Å². The van der Waals surface area contributed by atoms with E-state index in [0.717, 1.165) is 18.1 Å². The summed E-state index contributed by atoms with van der Waals surface area (Å²) >= 11 is 1.62. The van der Waals surface area contributed by atoms with Gasteiger partial charge in [-0.15, -0.1) is 23.7 Å². The van der Waals surface area contributed by atoms with Crippen molar-refractivity contribution in [1.82, 2.24) is 4.90 Å². The third-order valence-electron chi connectivity index (χ3n) is 3.63. The predicted molar refractivity (Wildman–Crippen MR) is 102 cm³/mol. The molecule has 0 saturated heterocycles. The van der Waals surface area contributed by atoms with E-state index in [4.69, 9.17) is 0 Å². The maximum atomic E-state index is 12.3. The van der Waals surface area contributed by atoms with E-state index in [0.29, 0.717) is 6.42 Å². The molecular weight excluding hydrogens is 328 g/mol.